The Hall–Kier alpha value is -2.00. The lowest BCUT2D eigenvalue weighted by molar-refractivity contribution is 0.123. The fourth-order valence-corrected chi connectivity index (χ4v) is 4.04. The molecule has 0 aliphatic carbocycles. The maximum Gasteiger partial charge on any atom is 0.262 e. The summed E-state index contributed by atoms with van der Waals surface area (Å²) in [5.74, 6) is 0.408. The van der Waals surface area contributed by atoms with Gasteiger partial charge in [-0.2, -0.15) is 9.40 Å². The number of sulfonamides is 1. The van der Waals surface area contributed by atoms with Crippen molar-refractivity contribution in [2.75, 3.05) is 13.1 Å². The molecular weight excluding hydrogens is 330 g/mol. The highest BCUT2D eigenvalue weighted by Gasteiger charge is 2.33. The summed E-state index contributed by atoms with van der Waals surface area (Å²) in [5, 5.41) is 7.73. The van der Waals surface area contributed by atoms with E-state index < -0.39 is 10.0 Å². The third-order valence-electron chi connectivity index (χ3n) is 3.95. The van der Waals surface area contributed by atoms with E-state index in [1.807, 2.05) is 13.8 Å². The molecule has 24 heavy (non-hydrogen) atoms. The number of ether oxygens (including phenoxy) is 1. The SMILES string of the molecule is CC(C)n1cnc(S(=O)(=O)N2CCCC(Oc3cccnn3)C2)c1. The molecule has 1 saturated heterocycles. The fourth-order valence-electron chi connectivity index (χ4n) is 2.61. The Morgan fingerprint density at radius 3 is 2.88 bits per heavy atom. The molecule has 0 radical (unpaired) electrons. The lowest BCUT2D eigenvalue weighted by Crippen LogP contribution is -2.44. The quantitative estimate of drug-likeness (QED) is 0.810. The predicted molar refractivity (Wildman–Crippen MR) is 87.1 cm³/mol. The van der Waals surface area contributed by atoms with Crippen LogP contribution in [0.5, 0.6) is 5.88 Å². The standard InChI is InChI=1S/C15H21N5O3S/c1-12(2)19-10-15(16-11-19)24(21,22)20-8-4-5-13(9-20)23-14-6-3-7-17-18-14/h3,6-7,10-13H,4-5,8-9H2,1-2H3. The van der Waals surface area contributed by atoms with Crippen molar-refractivity contribution in [1.82, 2.24) is 24.1 Å². The lowest BCUT2D eigenvalue weighted by Gasteiger charge is -2.31. The van der Waals surface area contributed by atoms with E-state index in [1.54, 1.807) is 35.4 Å². The maximum atomic E-state index is 12.8. The van der Waals surface area contributed by atoms with Crippen molar-refractivity contribution in [3.05, 3.63) is 30.9 Å². The van der Waals surface area contributed by atoms with Crippen LogP contribution in [0.25, 0.3) is 0 Å². The summed E-state index contributed by atoms with van der Waals surface area (Å²) in [6.45, 7) is 4.71. The summed E-state index contributed by atoms with van der Waals surface area (Å²) < 4.78 is 34.5. The average Bonchev–Trinajstić information content (AvgIpc) is 3.07. The molecule has 1 fully saturated rings. The van der Waals surface area contributed by atoms with Crippen LogP contribution >= 0.6 is 0 Å². The van der Waals surface area contributed by atoms with Gasteiger partial charge in [0, 0.05) is 31.0 Å². The zero-order chi connectivity index (χ0) is 17.2. The molecule has 0 saturated carbocycles. The van der Waals surface area contributed by atoms with Crippen LogP contribution < -0.4 is 4.74 Å². The normalized spacial score (nSPS) is 19.5. The Morgan fingerprint density at radius 2 is 2.21 bits per heavy atom. The molecule has 1 aliphatic rings. The van der Waals surface area contributed by atoms with Crippen molar-refractivity contribution in [2.45, 2.75) is 43.9 Å². The second kappa shape index (κ2) is 6.86. The van der Waals surface area contributed by atoms with Crippen LogP contribution in [0.4, 0.5) is 0 Å². The average molecular weight is 351 g/mol. The van der Waals surface area contributed by atoms with Crippen LogP contribution in [-0.4, -0.2) is 51.7 Å². The van der Waals surface area contributed by atoms with E-state index in [2.05, 4.69) is 15.2 Å². The van der Waals surface area contributed by atoms with E-state index in [4.69, 9.17) is 4.74 Å². The molecule has 0 N–H and O–H groups in total. The van der Waals surface area contributed by atoms with Gasteiger partial charge in [0.1, 0.15) is 6.10 Å². The monoisotopic (exact) mass is 351 g/mol. The Bertz CT molecular complexity index is 775. The van der Waals surface area contributed by atoms with Gasteiger partial charge in [0.25, 0.3) is 10.0 Å². The molecule has 130 valence electrons. The van der Waals surface area contributed by atoms with Gasteiger partial charge in [0.2, 0.25) is 5.88 Å². The summed E-state index contributed by atoms with van der Waals surface area (Å²) in [7, 11) is -3.61. The maximum absolute atomic E-state index is 12.8. The van der Waals surface area contributed by atoms with Gasteiger partial charge in [-0.25, -0.2) is 13.4 Å². The van der Waals surface area contributed by atoms with Gasteiger partial charge in [-0.3, -0.25) is 0 Å². The first-order valence-electron chi connectivity index (χ1n) is 7.95. The predicted octanol–water partition coefficient (Wildman–Crippen LogP) is 1.49. The van der Waals surface area contributed by atoms with Crippen LogP contribution in [0.3, 0.4) is 0 Å². The number of rotatable bonds is 5. The van der Waals surface area contributed by atoms with Gasteiger partial charge in [-0.15, -0.1) is 5.10 Å². The highest BCUT2D eigenvalue weighted by atomic mass is 32.2. The molecule has 3 rings (SSSR count). The second-order valence-corrected chi connectivity index (χ2v) is 7.94. The number of imidazole rings is 1. The Labute approximate surface area is 141 Å². The topological polar surface area (TPSA) is 90.2 Å². The van der Waals surface area contributed by atoms with Crippen LogP contribution in [0.15, 0.2) is 35.9 Å². The van der Waals surface area contributed by atoms with Crippen LogP contribution in [0, 0.1) is 0 Å². The minimum Gasteiger partial charge on any atom is -0.472 e. The molecule has 1 aliphatic heterocycles. The molecule has 1 unspecified atom stereocenters. The first-order chi connectivity index (χ1) is 11.5. The fraction of sp³-hybridized carbons (Fsp3) is 0.533. The smallest absolute Gasteiger partial charge is 0.262 e. The third-order valence-corrected chi connectivity index (χ3v) is 5.71. The summed E-state index contributed by atoms with van der Waals surface area (Å²) in [4.78, 5) is 4.06. The zero-order valence-electron chi connectivity index (χ0n) is 13.7. The van der Waals surface area contributed by atoms with Crippen LogP contribution in [-0.2, 0) is 10.0 Å². The molecule has 0 aromatic carbocycles. The van der Waals surface area contributed by atoms with Crippen molar-refractivity contribution >= 4 is 10.0 Å². The molecule has 0 amide bonds. The first kappa shape index (κ1) is 16.8. The van der Waals surface area contributed by atoms with E-state index in [9.17, 15) is 8.42 Å². The highest BCUT2D eigenvalue weighted by Crippen LogP contribution is 2.22. The van der Waals surface area contributed by atoms with Crippen LogP contribution in [0.2, 0.25) is 0 Å². The highest BCUT2D eigenvalue weighted by molar-refractivity contribution is 7.89. The van der Waals surface area contributed by atoms with Gasteiger partial charge in [-0.1, -0.05) is 0 Å². The van der Waals surface area contributed by atoms with E-state index in [-0.39, 0.29) is 23.7 Å². The molecule has 0 spiro atoms. The van der Waals surface area contributed by atoms with Gasteiger partial charge >= 0.3 is 0 Å². The minimum absolute atomic E-state index is 0.0800. The van der Waals surface area contributed by atoms with Crippen molar-refractivity contribution < 1.29 is 13.2 Å². The van der Waals surface area contributed by atoms with Crippen molar-refractivity contribution in [3.63, 3.8) is 0 Å². The number of nitrogens with zero attached hydrogens (tertiary/aromatic N) is 5. The second-order valence-electron chi connectivity index (χ2n) is 6.06. The summed E-state index contributed by atoms with van der Waals surface area (Å²) in [6.07, 6.45) is 5.97. The van der Waals surface area contributed by atoms with Gasteiger partial charge < -0.3 is 9.30 Å². The molecule has 2 aromatic heterocycles. The molecule has 8 nitrogen and oxygen atoms in total. The first-order valence-corrected chi connectivity index (χ1v) is 9.39. The minimum atomic E-state index is -3.61. The van der Waals surface area contributed by atoms with Gasteiger partial charge in [-0.05, 0) is 32.8 Å². The number of aromatic nitrogens is 4. The molecular formula is C15H21N5O3S. The van der Waals surface area contributed by atoms with Crippen molar-refractivity contribution in [1.29, 1.82) is 0 Å². The summed E-state index contributed by atoms with van der Waals surface area (Å²) >= 11 is 0. The largest absolute Gasteiger partial charge is 0.472 e. The van der Waals surface area contributed by atoms with E-state index in [1.165, 1.54) is 4.31 Å². The molecule has 3 heterocycles. The lowest BCUT2D eigenvalue weighted by atomic mass is 10.1. The molecule has 1 atom stereocenters. The number of piperidine rings is 1. The van der Waals surface area contributed by atoms with Crippen molar-refractivity contribution in [2.24, 2.45) is 0 Å². The van der Waals surface area contributed by atoms with E-state index in [0.29, 0.717) is 12.4 Å². The van der Waals surface area contributed by atoms with Crippen molar-refractivity contribution in [3.8, 4) is 5.88 Å². The summed E-state index contributed by atoms with van der Waals surface area (Å²) in [6, 6.07) is 3.61. The Kier molecular flexibility index (Phi) is 4.81. The molecule has 9 heteroatoms. The zero-order valence-corrected chi connectivity index (χ0v) is 14.6. The Morgan fingerprint density at radius 1 is 1.38 bits per heavy atom. The molecule has 0 bridgehead atoms. The molecule has 2 aromatic rings. The summed E-state index contributed by atoms with van der Waals surface area (Å²) in [5.41, 5.74) is 0. The van der Waals surface area contributed by atoms with E-state index >= 15 is 0 Å². The third kappa shape index (κ3) is 3.57. The Balaban J connectivity index is 1.73. The van der Waals surface area contributed by atoms with Gasteiger partial charge in [0.15, 0.2) is 5.03 Å². The number of hydrogen-bond donors (Lipinski definition) is 0. The van der Waals surface area contributed by atoms with Gasteiger partial charge in [0.05, 0.1) is 12.9 Å². The van der Waals surface area contributed by atoms with Crippen LogP contribution in [0.1, 0.15) is 32.7 Å². The number of hydrogen-bond acceptors (Lipinski definition) is 6. The van der Waals surface area contributed by atoms with E-state index in [0.717, 1.165) is 12.8 Å².